The number of nitrogens with zero attached hydrogens (tertiary/aromatic N) is 2. The number of rotatable bonds is 7. The van der Waals surface area contributed by atoms with Crippen LogP contribution in [0.5, 0.6) is 11.5 Å². The molecule has 27 heavy (non-hydrogen) atoms. The van der Waals surface area contributed by atoms with Gasteiger partial charge in [0.1, 0.15) is 11.5 Å². The molecule has 1 N–H and O–H groups in total. The van der Waals surface area contributed by atoms with Crippen LogP contribution in [0.2, 0.25) is 0 Å². The van der Waals surface area contributed by atoms with Crippen molar-refractivity contribution in [1.29, 1.82) is 0 Å². The number of benzene rings is 2. The Morgan fingerprint density at radius 1 is 1.19 bits per heavy atom. The monoisotopic (exact) mass is 497 g/mol. The van der Waals surface area contributed by atoms with Gasteiger partial charge >= 0.3 is 0 Å². The van der Waals surface area contributed by atoms with Gasteiger partial charge in [0.2, 0.25) is 5.91 Å². The van der Waals surface area contributed by atoms with Gasteiger partial charge in [-0.1, -0.05) is 17.8 Å². The Labute approximate surface area is 174 Å². The predicted octanol–water partition coefficient (Wildman–Crippen LogP) is 4.09. The van der Waals surface area contributed by atoms with Crippen molar-refractivity contribution >= 4 is 45.9 Å². The van der Waals surface area contributed by atoms with Crippen LogP contribution in [0.1, 0.15) is 0 Å². The van der Waals surface area contributed by atoms with E-state index in [1.54, 1.807) is 32.4 Å². The lowest BCUT2D eigenvalue weighted by molar-refractivity contribution is -0.113. The standard InChI is InChI=1S/C18H16IN3O4S/c1-24-13-6-7-14(15(9-13)25-2)17-21-22-18(26-17)27-10-16(23)20-12-5-3-4-11(19)8-12/h3-9H,10H2,1-2H3,(H,20,23). The number of amides is 1. The van der Waals surface area contributed by atoms with Gasteiger partial charge in [0.25, 0.3) is 11.1 Å². The third-order valence-corrected chi connectivity index (χ3v) is 4.97. The summed E-state index contributed by atoms with van der Waals surface area (Å²) in [7, 11) is 3.14. The van der Waals surface area contributed by atoms with Gasteiger partial charge in [-0.15, -0.1) is 10.2 Å². The van der Waals surface area contributed by atoms with Gasteiger partial charge in [-0.3, -0.25) is 4.79 Å². The number of methoxy groups -OCH3 is 2. The zero-order valence-electron chi connectivity index (χ0n) is 14.6. The average molecular weight is 497 g/mol. The van der Waals surface area contributed by atoms with Gasteiger partial charge in [-0.05, 0) is 52.9 Å². The first kappa shape index (κ1) is 19.5. The van der Waals surface area contributed by atoms with Crippen molar-refractivity contribution in [2.75, 3.05) is 25.3 Å². The molecule has 2 aromatic carbocycles. The summed E-state index contributed by atoms with van der Waals surface area (Å²) in [6, 6.07) is 12.9. The van der Waals surface area contributed by atoms with Crippen LogP contribution < -0.4 is 14.8 Å². The maximum Gasteiger partial charge on any atom is 0.277 e. The number of anilines is 1. The Bertz CT molecular complexity index is 948. The largest absolute Gasteiger partial charge is 0.497 e. The Balaban J connectivity index is 1.63. The fraction of sp³-hybridized carbons (Fsp3) is 0.167. The topological polar surface area (TPSA) is 86.5 Å². The van der Waals surface area contributed by atoms with Gasteiger partial charge in [0, 0.05) is 15.3 Å². The molecule has 0 spiro atoms. The van der Waals surface area contributed by atoms with Crippen LogP contribution in [-0.4, -0.2) is 36.1 Å². The zero-order chi connectivity index (χ0) is 19.2. The van der Waals surface area contributed by atoms with Crippen LogP contribution >= 0.6 is 34.4 Å². The summed E-state index contributed by atoms with van der Waals surface area (Å²) in [6.45, 7) is 0. The lowest BCUT2D eigenvalue weighted by Gasteiger charge is -2.07. The maximum absolute atomic E-state index is 12.1. The molecule has 0 fully saturated rings. The second-order valence-corrected chi connectivity index (χ2v) is 7.46. The molecule has 0 aliphatic carbocycles. The maximum atomic E-state index is 12.1. The summed E-state index contributed by atoms with van der Waals surface area (Å²) in [5.41, 5.74) is 1.41. The molecule has 1 heterocycles. The third-order valence-electron chi connectivity index (χ3n) is 3.48. The van der Waals surface area contributed by atoms with E-state index >= 15 is 0 Å². The Morgan fingerprint density at radius 3 is 2.78 bits per heavy atom. The van der Waals surface area contributed by atoms with Crippen LogP contribution in [0.3, 0.4) is 0 Å². The average Bonchev–Trinajstić information content (AvgIpc) is 3.14. The molecule has 0 bridgehead atoms. The number of carbonyl (C=O) groups is 1. The number of thioether (sulfide) groups is 1. The van der Waals surface area contributed by atoms with E-state index in [1.807, 2.05) is 24.3 Å². The lowest BCUT2D eigenvalue weighted by atomic mass is 10.2. The molecule has 3 aromatic rings. The van der Waals surface area contributed by atoms with Gasteiger partial charge in [0.05, 0.1) is 25.5 Å². The number of carbonyl (C=O) groups excluding carboxylic acids is 1. The van der Waals surface area contributed by atoms with Crippen molar-refractivity contribution < 1.29 is 18.7 Å². The molecule has 1 amide bonds. The minimum Gasteiger partial charge on any atom is -0.497 e. The van der Waals surface area contributed by atoms with Gasteiger partial charge < -0.3 is 19.2 Å². The minimum absolute atomic E-state index is 0.149. The summed E-state index contributed by atoms with van der Waals surface area (Å²) in [4.78, 5) is 12.1. The molecule has 0 radical (unpaired) electrons. The number of hydrogen-bond donors (Lipinski definition) is 1. The first-order valence-electron chi connectivity index (χ1n) is 7.83. The van der Waals surface area contributed by atoms with Crippen molar-refractivity contribution in [1.82, 2.24) is 10.2 Å². The lowest BCUT2D eigenvalue weighted by Crippen LogP contribution is -2.13. The van der Waals surface area contributed by atoms with E-state index in [1.165, 1.54) is 11.8 Å². The highest BCUT2D eigenvalue weighted by Gasteiger charge is 2.15. The molecule has 0 atom stereocenters. The van der Waals surface area contributed by atoms with E-state index in [9.17, 15) is 4.79 Å². The Hall–Kier alpha value is -2.27. The molecule has 3 rings (SSSR count). The van der Waals surface area contributed by atoms with Crippen LogP contribution in [0.25, 0.3) is 11.5 Å². The van der Waals surface area contributed by atoms with Crippen molar-refractivity contribution in [3.63, 3.8) is 0 Å². The summed E-state index contributed by atoms with van der Waals surface area (Å²) in [5.74, 6) is 1.55. The predicted molar refractivity (Wildman–Crippen MR) is 111 cm³/mol. The molecule has 140 valence electrons. The molecular weight excluding hydrogens is 481 g/mol. The van der Waals surface area contributed by atoms with E-state index in [-0.39, 0.29) is 11.7 Å². The summed E-state index contributed by atoms with van der Waals surface area (Å²) in [5, 5.41) is 11.2. The Kier molecular flexibility index (Phi) is 6.56. The van der Waals surface area contributed by atoms with Crippen molar-refractivity contribution in [2.24, 2.45) is 0 Å². The van der Waals surface area contributed by atoms with Crippen LogP contribution in [0.4, 0.5) is 5.69 Å². The molecule has 7 nitrogen and oxygen atoms in total. The smallest absolute Gasteiger partial charge is 0.277 e. The fourth-order valence-corrected chi connectivity index (χ4v) is 3.35. The highest BCUT2D eigenvalue weighted by molar-refractivity contribution is 14.1. The summed E-state index contributed by atoms with van der Waals surface area (Å²) >= 11 is 3.36. The van der Waals surface area contributed by atoms with Crippen LogP contribution in [0.15, 0.2) is 52.1 Å². The number of ether oxygens (including phenoxy) is 2. The number of nitrogens with one attached hydrogen (secondary N) is 1. The van der Waals surface area contributed by atoms with E-state index in [0.717, 1.165) is 9.26 Å². The number of halogens is 1. The van der Waals surface area contributed by atoms with E-state index in [2.05, 4.69) is 38.1 Å². The van der Waals surface area contributed by atoms with Crippen molar-refractivity contribution in [3.8, 4) is 23.0 Å². The molecular formula is C18H16IN3O4S. The summed E-state index contributed by atoms with van der Waals surface area (Å²) in [6.07, 6.45) is 0. The first-order chi connectivity index (χ1) is 13.1. The minimum atomic E-state index is -0.149. The fourth-order valence-electron chi connectivity index (χ4n) is 2.24. The van der Waals surface area contributed by atoms with Crippen LogP contribution in [0, 0.1) is 3.57 Å². The van der Waals surface area contributed by atoms with Crippen molar-refractivity contribution in [2.45, 2.75) is 5.22 Å². The summed E-state index contributed by atoms with van der Waals surface area (Å²) < 4.78 is 17.2. The molecule has 0 unspecified atom stereocenters. The second kappa shape index (κ2) is 9.09. The molecule has 0 aliphatic heterocycles. The molecule has 0 aliphatic rings. The van der Waals surface area contributed by atoms with E-state index < -0.39 is 0 Å². The molecule has 1 aromatic heterocycles. The first-order valence-corrected chi connectivity index (χ1v) is 9.89. The SMILES string of the molecule is COc1ccc(-c2nnc(SCC(=O)Nc3cccc(I)c3)o2)c(OC)c1. The third kappa shape index (κ3) is 5.13. The zero-order valence-corrected chi connectivity index (χ0v) is 17.5. The molecule has 0 saturated carbocycles. The van der Waals surface area contributed by atoms with E-state index in [0.29, 0.717) is 28.2 Å². The number of aromatic nitrogens is 2. The van der Waals surface area contributed by atoms with Crippen LogP contribution in [-0.2, 0) is 4.79 Å². The highest BCUT2D eigenvalue weighted by atomic mass is 127. The second-order valence-electron chi connectivity index (χ2n) is 5.29. The quantitative estimate of drug-likeness (QED) is 0.389. The van der Waals surface area contributed by atoms with Gasteiger partial charge in [-0.2, -0.15) is 0 Å². The normalized spacial score (nSPS) is 10.5. The van der Waals surface area contributed by atoms with Crippen molar-refractivity contribution in [3.05, 3.63) is 46.0 Å². The number of hydrogen-bond acceptors (Lipinski definition) is 7. The van der Waals surface area contributed by atoms with Gasteiger partial charge in [-0.25, -0.2) is 0 Å². The van der Waals surface area contributed by atoms with Gasteiger partial charge in [0.15, 0.2) is 0 Å². The molecule has 9 heteroatoms. The Morgan fingerprint density at radius 2 is 2.04 bits per heavy atom. The molecule has 0 saturated heterocycles. The highest BCUT2D eigenvalue weighted by Crippen LogP contribution is 2.33. The van der Waals surface area contributed by atoms with E-state index in [4.69, 9.17) is 13.9 Å².